The molecule has 104 valence electrons. The SMILES string of the molecule is O=C(O)C1CN(C(=O)c2ccc3nc[nH]c3c2)CCO1. The highest BCUT2D eigenvalue weighted by Gasteiger charge is 2.29. The molecule has 0 bridgehead atoms. The third-order valence-corrected chi connectivity index (χ3v) is 3.30. The Morgan fingerprint density at radius 3 is 3.10 bits per heavy atom. The first kappa shape index (κ1) is 12.6. The molecule has 20 heavy (non-hydrogen) atoms. The Bertz CT molecular complexity index is 666. The summed E-state index contributed by atoms with van der Waals surface area (Å²) in [5.41, 5.74) is 2.07. The van der Waals surface area contributed by atoms with Gasteiger partial charge in [0, 0.05) is 12.1 Å². The predicted octanol–water partition coefficient (Wildman–Crippen LogP) is 0.488. The van der Waals surface area contributed by atoms with E-state index >= 15 is 0 Å². The number of hydrogen-bond donors (Lipinski definition) is 2. The molecule has 1 aliphatic rings. The molecule has 0 spiro atoms. The second kappa shape index (κ2) is 4.93. The molecule has 7 heteroatoms. The maximum absolute atomic E-state index is 12.4. The second-order valence-electron chi connectivity index (χ2n) is 4.58. The first-order valence-corrected chi connectivity index (χ1v) is 6.22. The molecule has 2 aromatic rings. The number of hydrogen-bond acceptors (Lipinski definition) is 4. The maximum Gasteiger partial charge on any atom is 0.334 e. The summed E-state index contributed by atoms with van der Waals surface area (Å²) in [5.74, 6) is -1.25. The topological polar surface area (TPSA) is 95.5 Å². The summed E-state index contributed by atoms with van der Waals surface area (Å²) in [5, 5.41) is 8.95. The van der Waals surface area contributed by atoms with Crippen LogP contribution < -0.4 is 0 Å². The van der Waals surface area contributed by atoms with Crippen molar-refractivity contribution in [1.82, 2.24) is 14.9 Å². The van der Waals surface area contributed by atoms with Crippen molar-refractivity contribution in [1.29, 1.82) is 0 Å². The molecular weight excluding hydrogens is 262 g/mol. The van der Waals surface area contributed by atoms with Crippen LogP contribution in [0.3, 0.4) is 0 Å². The molecule has 0 radical (unpaired) electrons. The number of imidazole rings is 1. The summed E-state index contributed by atoms with van der Waals surface area (Å²) in [7, 11) is 0. The van der Waals surface area contributed by atoms with Crippen LogP contribution in [-0.2, 0) is 9.53 Å². The lowest BCUT2D eigenvalue weighted by Gasteiger charge is -2.30. The Morgan fingerprint density at radius 1 is 1.45 bits per heavy atom. The molecule has 2 heterocycles. The minimum absolute atomic E-state index is 0.0647. The van der Waals surface area contributed by atoms with Gasteiger partial charge in [0.2, 0.25) is 0 Å². The average Bonchev–Trinajstić information content (AvgIpc) is 2.94. The third-order valence-electron chi connectivity index (χ3n) is 3.30. The van der Waals surface area contributed by atoms with Crippen molar-refractivity contribution in [2.45, 2.75) is 6.10 Å². The van der Waals surface area contributed by atoms with E-state index in [0.717, 1.165) is 11.0 Å². The molecule has 2 N–H and O–H groups in total. The third kappa shape index (κ3) is 2.23. The van der Waals surface area contributed by atoms with Gasteiger partial charge in [0.15, 0.2) is 6.10 Å². The molecule has 0 aliphatic carbocycles. The molecule has 1 aromatic heterocycles. The van der Waals surface area contributed by atoms with Gasteiger partial charge in [0.25, 0.3) is 5.91 Å². The van der Waals surface area contributed by atoms with Gasteiger partial charge in [-0.05, 0) is 18.2 Å². The molecule has 1 amide bonds. The number of aromatic nitrogens is 2. The fourth-order valence-corrected chi connectivity index (χ4v) is 2.23. The zero-order chi connectivity index (χ0) is 14.1. The number of carboxylic acids is 1. The molecule has 0 saturated carbocycles. The normalized spacial score (nSPS) is 19.2. The van der Waals surface area contributed by atoms with Gasteiger partial charge in [-0.3, -0.25) is 4.79 Å². The first-order chi connectivity index (χ1) is 9.65. The van der Waals surface area contributed by atoms with E-state index in [-0.39, 0.29) is 19.1 Å². The molecular formula is C13H13N3O4. The van der Waals surface area contributed by atoms with Crippen LogP contribution in [-0.4, -0.2) is 57.7 Å². The first-order valence-electron chi connectivity index (χ1n) is 6.22. The number of carboxylic acid groups (broad SMARTS) is 1. The second-order valence-corrected chi connectivity index (χ2v) is 4.58. The van der Waals surface area contributed by atoms with E-state index in [2.05, 4.69) is 9.97 Å². The number of nitrogens with zero attached hydrogens (tertiary/aromatic N) is 2. The summed E-state index contributed by atoms with van der Waals surface area (Å²) < 4.78 is 5.10. The zero-order valence-corrected chi connectivity index (χ0v) is 10.6. The van der Waals surface area contributed by atoms with Crippen molar-refractivity contribution < 1.29 is 19.4 Å². The Hall–Kier alpha value is -2.41. The molecule has 7 nitrogen and oxygen atoms in total. The maximum atomic E-state index is 12.4. The van der Waals surface area contributed by atoms with Gasteiger partial charge < -0.3 is 19.7 Å². The lowest BCUT2D eigenvalue weighted by atomic mass is 10.1. The van der Waals surface area contributed by atoms with E-state index in [1.165, 1.54) is 4.90 Å². The molecule has 1 saturated heterocycles. The summed E-state index contributed by atoms with van der Waals surface area (Å²) >= 11 is 0. The van der Waals surface area contributed by atoms with E-state index in [4.69, 9.17) is 9.84 Å². The molecule has 1 atom stereocenters. The average molecular weight is 275 g/mol. The number of benzene rings is 1. The Morgan fingerprint density at radius 2 is 2.30 bits per heavy atom. The van der Waals surface area contributed by atoms with Gasteiger partial charge in [0.05, 0.1) is 30.5 Å². The minimum Gasteiger partial charge on any atom is -0.479 e. The number of fused-ring (bicyclic) bond motifs is 1. The van der Waals surface area contributed by atoms with Crippen LogP contribution in [0.25, 0.3) is 11.0 Å². The molecule has 1 aromatic carbocycles. The molecule has 1 fully saturated rings. The van der Waals surface area contributed by atoms with Crippen LogP contribution in [0.1, 0.15) is 10.4 Å². The van der Waals surface area contributed by atoms with Crippen LogP contribution in [0.4, 0.5) is 0 Å². The van der Waals surface area contributed by atoms with Gasteiger partial charge in [-0.25, -0.2) is 9.78 Å². The van der Waals surface area contributed by atoms with Gasteiger partial charge in [-0.2, -0.15) is 0 Å². The number of carbonyl (C=O) groups is 2. The molecule has 1 unspecified atom stereocenters. The van der Waals surface area contributed by atoms with Crippen molar-refractivity contribution in [2.75, 3.05) is 19.7 Å². The van der Waals surface area contributed by atoms with Crippen molar-refractivity contribution >= 4 is 22.9 Å². The summed E-state index contributed by atoms with van der Waals surface area (Å²) in [6.45, 7) is 0.688. The molecule has 1 aliphatic heterocycles. The zero-order valence-electron chi connectivity index (χ0n) is 10.6. The smallest absolute Gasteiger partial charge is 0.334 e. The largest absolute Gasteiger partial charge is 0.479 e. The number of ether oxygens (including phenoxy) is 1. The van der Waals surface area contributed by atoms with Gasteiger partial charge >= 0.3 is 5.97 Å². The number of aromatic amines is 1. The van der Waals surface area contributed by atoms with E-state index in [1.54, 1.807) is 24.5 Å². The highest BCUT2D eigenvalue weighted by molar-refractivity contribution is 5.97. The number of aliphatic carboxylic acids is 1. The number of nitrogens with one attached hydrogen (secondary N) is 1. The van der Waals surface area contributed by atoms with Crippen molar-refractivity contribution in [2.24, 2.45) is 0 Å². The Kier molecular flexibility index (Phi) is 3.11. The lowest BCUT2D eigenvalue weighted by molar-refractivity contribution is -0.154. The van der Waals surface area contributed by atoms with Crippen LogP contribution in [0.15, 0.2) is 24.5 Å². The quantitative estimate of drug-likeness (QED) is 0.831. The summed E-state index contributed by atoms with van der Waals surface area (Å²) in [6, 6.07) is 5.17. The van der Waals surface area contributed by atoms with Gasteiger partial charge in [0.1, 0.15) is 0 Å². The number of H-pyrrole nitrogens is 1. The van der Waals surface area contributed by atoms with Crippen LogP contribution in [0.2, 0.25) is 0 Å². The number of carbonyl (C=O) groups excluding carboxylic acids is 1. The number of morpholine rings is 1. The summed E-state index contributed by atoms with van der Waals surface area (Å²) in [4.78, 5) is 31.8. The van der Waals surface area contributed by atoms with E-state index in [9.17, 15) is 9.59 Å². The summed E-state index contributed by atoms with van der Waals surface area (Å²) in [6.07, 6.45) is 0.609. The lowest BCUT2D eigenvalue weighted by Crippen LogP contribution is -2.48. The predicted molar refractivity (Wildman–Crippen MR) is 69.4 cm³/mol. The van der Waals surface area contributed by atoms with Crippen LogP contribution in [0.5, 0.6) is 0 Å². The van der Waals surface area contributed by atoms with E-state index < -0.39 is 12.1 Å². The minimum atomic E-state index is -1.05. The highest BCUT2D eigenvalue weighted by atomic mass is 16.5. The Labute approximate surface area is 114 Å². The van der Waals surface area contributed by atoms with Crippen molar-refractivity contribution in [3.63, 3.8) is 0 Å². The molecule has 3 rings (SSSR count). The van der Waals surface area contributed by atoms with E-state index in [0.29, 0.717) is 12.1 Å². The van der Waals surface area contributed by atoms with Crippen molar-refractivity contribution in [3.8, 4) is 0 Å². The Balaban J connectivity index is 1.82. The fourth-order valence-electron chi connectivity index (χ4n) is 2.23. The van der Waals surface area contributed by atoms with Gasteiger partial charge in [-0.15, -0.1) is 0 Å². The monoisotopic (exact) mass is 275 g/mol. The van der Waals surface area contributed by atoms with Gasteiger partial charge in [-0.1, -0.05) is 0 Å². The highest BCUT2D eigenvalue weighted by Crippen LogP contribution is 2.15. The van der Waals surface area contributed by atoms with Crippen LogP contribution >= 0.6 is 0 Å². The number of amides is 1. The standard InChI is InChI=1S/C13H13N3O4/c17-12(16-3-4-20-11(6-16)13(18)19)8-1-2-9-10(5-8)15-7-14-9/h1-2,5,7,11H,3-4,6H2,(H,14,15)(H,18,19). The van der Waals surface area contributed by atoms with Crippen molar-refractivity contribution in [3.05, 3.63) is 30.1 Å². The van der Waals surface area contributed by atoms with E-state index in [1.807, 2.05) is 0 Å². The number of rotatable bonds is 2. The fraction of sp³-hybridized carbons (Fsp3) is 0.308. The van der Waals surface area contributed by atoms with Crippen LogP contribution in [0, 0.1) is 0 Å².